The molecule has 3 N–H and O–H groups in total. The lowest BCUT2D eigenvalue weighted by Crippen LogP contribution is -2.20. The van der Waals surface area contributed by atoms with E-state index < -0.39 is 0 Å². The lowest BCUT2D eigenvalue weighted by atomic mass is 10.2. The fourth-order valence-electron chi connectivity index (χ4n) is 3.08. The molecular formula is C22H23N3O3. The number of methoxy groups -OCH3 is 1. The van der Waals surface area contributed by atoms with Crippen molar-refractivity contribution >= 4 is 22.3 Å². The standard InChI is InChI=1S/C22H23N3O3/c1-26-22-20(25-17-7-8-19-16(14-17)9-10-24-19)5-2-6-21(22)28-13-11-23-15-18-4-3-12-27-18/h2-10,12,14,23-25H,11,13,15H2,1H3. The van der Waals surface area contributed by atoms with Crippen LogP contribution in [0.2, 0.25) is 0 Å². The van der Waals surface area contributed by atoms with Gasteiger partial charge >= 0.3 is 0 Å². The summed E-state index contributed by atoms with van der Waals surface area (Å²) in [5.41, 5.74) is 2.96. The van der Waals surface area contributed by atoms with Crippen LogP contribution in [0.4, 0.5) is 11.4 Å². The van der Waals surface area contributed by atoms with Crippen LogP contribution in [-0.4, -0.2) is 25.2 Å². The van der Waals surface area contributed by atoms with Crippen molar-refractivity contribution in [1.29, 1.82) is 0 Å². The van der Waals surface area contributed by atoms with E-state index in [1.165, 1.54) is 0 Å². The molecule has 0 amide bonds. The number of aromatic amines is 1. The first-order chi connectivity index (χ1) is 13.8. The average molecular weight is 377 g/mol. The number of para-hydroxylation sites is 1. The van der Waals surface area contributed by atoms with Crippen LogP contribution in [-0.2, 0) is 6.54 Å². The summed E-state index contributed by atoms with van der Waals surface area (Å²) in [7, 11) is 1.65. The van der Waals surface area contributed by atoms with Crippen LogP contribution in [0.25, 0.3) is 10.9 Å². The molecule has 0 saturated carbocycles. The van der Waals surface area contributed by atoms with Gasteiger partial charge in [0, 0.05) is 29.3 Å². The maximum Gasteiger partial charge on any atom is 0.184 e. The largest absolute Gasteiger partial charge is 0.491 e. The first-order valence-electron chi connectivity index (χ1n) is 9.20. The highest BCUT2D eigenvalue weighted by Gasteiger charge is 2.11. The SMILES string of the molecule is COc1c(Nc2ccc3[nH]ccc3c2)cccc1OCCNCc1ccco1. The number of hydrogen-bond acceptors (Lipinski definition) is 5. The van der Waals surface area contributed by atoms with Crippen molar-refractivity contribution in [3.8, 4) is 11.5 Å². The van der Waals surface area contributed by atoms with Gasteiger partial charge in [-0.3, -0.25) is 0 Å². The second kappa shape index (κ2) is 8.54. The minimum atomic E-state index is 0.524. The Kier molecular flexibility index (Phi) is 5.49. The van der Waals surface area contributed by atoms with Crippen molar-refractivity contribution in [2.45, 2.75) is 6.54 Å². The molecule has 0 saturated heterocycles. The number of H-pyrrole nitrogens is 1. The number of benzene rings is 2. The molecule has 0 aliphatic heterocycles. The first-order valence-corrected chi connectivity index (χ1v) is 9.20. The molecule has 0 aliphatic rings. The lowest BCUT2D eigenvalue weighted by Gasteiger charge is -2.16. The van der Waals surface area contributed by atoms with Crippen LogP contribution in [0.3, 0.4) is 0 Å². The van der Waals surface area contributed by atoms with Crippen molar-refractivity contribution < 1.29 is 13.9 Å². The van der Waals surface area contributed by atoms with Crippen LogP contribution in [0.1, 0.15) is 5.76 Å². The quantitative estimate of drug-likeness (QED) is 0.369. The number of fused-ring (bicyclic) bond motifs is 1. The first kappa shape index (κ1) is 18.0. The van der Waals surface area contributed by atoms with E-state index in [0.29, 0.717) is 31.2 Å². The topological polar surface area (TPSA) is 71.5 Å². The average Bonchev–Trinajstić information content (AvgIpc) is 3.39. The van der Waals surface area contributed by atoms with E-state index in [9.17, 15) is 0 Å². The Bertz CT molecular complexity index is 1020. The van der Waals surface area contributed by atoms with Gasteiger partial charge in [-0.1, -0.05) is 6.07 Å². The van der Waals surface area contributed by atoms with E-state index in [4.69, 9.17) is 13.9 Å². The molecule has 6 heteroatoms. The van der Waals surface area contributed by atoms with Crippen molar-refractivity contribution in [2.24, 2.45) is 0 Å². The van der Waals surface area contributed by atoms with Crippen LogP contribution < -0.4 is 20.1 Å². The van der Waals surface area contributed by atoms with E-state index in [-0.39, 0.29) is 0 Å². The minimum absolute atomic E-state index is 0.524. The van der Waals surface area contributed by atoms with Gasteiger partial charge in [-0.25, -0.2) is 0 Å². The molecule has 0 fully saturated rings. The normalized spacial score (nSPS) is 10.9. The highest BCUT2D eigenvalue weighted by Crippen LogP contribution is 2.37. The molecular weight excluding hydrogens is 354 g/mol. The molecule has 6 nitrogen and oxygen atoms in total. The monoisotopic (exact) mass is 377 g/mol. The molecule has 0 spiro atoms. The molecule has 144 valence electrons. The molecule has 4 rings (SSSR count). The molecule has 2 heterocycles. The van der Waals surface area contributed by atoms with Crippen molar-refractivity contribution in [3.05, 3.63) is 72.8 Å². The highest BCUT2D eigenvalue weighted by atomic mass is 16.5. The number of hydrogen-bond donors (Lipinski definition) is 3. The maximum absolute atomic E-state index is 5.92. The Labute approximate surface area is 163 Å². The van der Waals surface area contributed by atoms with Gasteiger partial charge in [0.05, 0.1) is 25.6 Å². The van der Waals surface area contributed by atoms with Gasteiger partial charge in [0.25, 0.3) is 0 Å². The molecule has 2 aromatic heterocycles. The van der Waals surface area contributed by atoms with Crippen LogP contribution in [0.5, 0.6) is 11.5 Å². The Morgan fingerprint density at radius 2 is 2.04 bits per heavy atom. The van der Waals surface area contributed by atoms with Gasteiger partial charge in [0.2, 0.25) is 0 Å². The Balaban J connectivity index is 1.39. The van der Waals surface area contributed by atoms with Gasteiger partial charge < -0.3 is 29.5 Å². The molecule has 0 bridgehead atoms. The molecule has 0 unspecified atom stereocenters. The Morgan fingerprint density at radius 3 is 2.89 bits per heavy atom. The third-order valence-electron chi connectivity index (χ3n) is 4.43. The number of nitrogens with one attached hydrogen (secondary N) is 3. The van der Waals surface area contributed by atoms with Gasteiger partial charge in [-0.05, 0) is 48.5 Å². The zero-order valence-electron chi connectivity index (χ0n) is 15.7. The summed E-state index contributed by atoms with van der Waals surface area (Å²) >= 11 is 0. The number of aromatic nitrogens is 1. The van der Waals surface area contributed by atoms with E-state index in [2.05, 4.69) is 27.8 Å². The van der Waals surface area contributed by atoms with Crippen LogP contribution >= 0.6 is 0 Å². The summed E-state index contributed by atoms with van der Waals surface area (Å²) < 4.78 is 16.8. The Morgan fingerprint density at radius 1 is 1.07 bits per heavy atom. The van der Waals surface area contributed by atoms with Crippen molar-refractivity contribution in [1.82, 2.24) is 10.3 Å². The van der Waals surface area contributed by atoms with Crippen molar-refractivity contribution in [2.75, 3.05) is 25.6 Å². The predicted molar refractivity (Wildman–Crippen MR) is 110 cm³/mol. The van der Waals surface area contributed by atoms with E-state index in [1.54, 1.807) is 13.4 Å². The zero-order valence-corrected chi connectivity index (χ0v) is 15.7. The van der Waals surface area contributed by atoms with Crippen LogP contribution in [0, 0.1) is 0 Å². The molecule has 0 atom stereocenters. The number of rotatable bonds is 9. The van der Waals surface area contributed by atoms with Gasteiger partial charge in [-0.2, -0.15) is 0 Å². The Hall–Kier alpha value is -3.38. The predicted octanol–water partition coefficient (Wildman–Crippen LogP) is 4.68. The summed E-state index contributed by atoms with van der Waals surface area (Å²) in [5, 5.41) is 7.86. The van der Waals surface area contributed by atoms with E-state index >= 15 is 0 Å². The molecule has 28 heavy (non-hydrogen) atoms. The lowest BCUT2D eigenvalue weighted by molar-refractivity contribution is 0.291. The van der Waals surface area contributed by atoms with Crippen LogP contribution in [0.15, 0.2) is 71.5 Å². The summed E-state index contributed by atoms with van der Waals surface area (Å²) in [4.78, 5) is 3.20. The maximum atomic E-state index is 5.92. The fourth-order valence-corrected chi connectivity index (χ4v) is 3.08. The van der Waals surface area contributed by atoms with E-state index in [0.717, 1.165) is 28.0 Å². The number of anilines is 2. The van der Waals surface area contributed by atoms with Gasteiger partial charge in [0.15, 0.2) is 11.5 Å². The third-order valence-corrected chi connectivity index (χ3v) is 4.43. The highest BCUT2D eigenvalue weighted by molar-refractivity contribution is 5.84. The smallest absolute Gasteiger partial charge is 0.184 e. The third kappa shape index (κ3) is 4.13. The van der Waals surface area contributed by atoms with Crippen molar-refractivity contribution in [3.63, 3.8) is 0 Å². The van der Waals surface area contributed by atoms with E-state index in [1.807, 2.05) is 48.7 Å². The second-order valence-electron chi connectivity index (χ2n) is 6.35. The summed E-state index contributed by atoms with van der Waals surface area (Å²) in [5.74, 6) is 2.29. The molecule has 4 aromatic rings. The zero-order chi connectivity index (χ0) is 19.2. The van der Waals surface area contributed by atoms with Gasteiger partial charge in [0.1, 0.15) is 12.4 Å². The number of ether oxygens (including phenoxy) is 2. The number of furan rings is 1. The summed E-state index contributed by atoms with van der Waals surface area (Å²) in [6.45, 7) is 1.90. The second-order valence-corrected chi connectivity index (χ2v) is 6.35. The fraction of sp³-hybridized carbons (Fsp3) is 0.182. The molecule has 0 aliphatic carbocycles. The summed E-state index contributed by atoms with van der Waals surface area (Å²) in [6.07, 6.45) is 3.61. The molecule has 0 radical (unpaired) electrons. The van der Waals surface area contributed by atoms with Gasteiger partial charge in [-0.15, -0.1) is 0 Å². The molecule has 2 aromatic carbocycles. The summed E-state index contributed by atoms with van der Waals surface area (Å²) in [6, 6.07) is 17.9. The minimum Gasteiger partial charge on any atom is -0.491 e.